The summed E-state index contributed by atoms with van der Waals surface area (Å²) in [5.41, 5.74) is 1.90. The van der Waals surface area contributed by atoms with Gasteiger partial charge in [0, 0.05) is 25.5 Å². The van der Waals surface area contributed by atoms with Crippen molar-refractivity contribution in [2.24, 2.45) is 0 Å². The Balaban J connectivity index is 1.54. The number of hydrogen-bond acceptors (Lipinski definition) is 3. The number of amides is 2. The number of hydrogen-bond donors (Lipinski definition) is 1. The molecule has 0 aromatic carbocycles. The Kier molecular flexibility index (Phi) is 3.85. The highest BCUT2D eigenvalue weighted by atomic mass is 16.2. The molecule has 21 heavy (non-hydrogen) atoms. The van der Waals surface area contributed by atoms with Crippen molar-refractivity contribution in [1.29, 1.82) is 0 Å². The maximum absolute atomic E-state index is 12.2. The first kappa shape index (κ1) is 13.6. The number of carbonyl (C=O) groups excluding carboxylic acids is 1. The summed E-state index contributed by atoms with van der Waals surface area (Å²) < 4.78 is 2.02. The zero-order chi connectivity index (χ0) is 14.7. The van der Waals surface area contributed by atoms with Crippen LogP contribution in [0.2, 0.25) is 0 Å². The zero-order valence-electron chi connectivity index (χ0n) is 12.1. The molecule has 2 aromatic heterocycles. The van der Waals surface area contributed by atoms with Gasteiger partial charge in [-0.1, -0.05) is 0 Å². The predicted octanol–water partition coefficient (Wildman–Crippen LogP) is 2.46. The van der Waals surface area contributed by atoms with Gasteiger partial charge in [-0.3, -0.25) is 9.67 Å². The van der Waals surface area contributed by atoms with Gasteiger partial charge >= 0.3 is 6.03 Å². The Labute approximate surface area is 123 Å². The van der Waals surface area contributed by atoms with Gasteiger partial charge in [0.05, 0.1) is 24.1 Å². The molecule has 1 aliphatic rings. The highest BCUT2D eigenvalue weighted by molar-refractivity contribution is 5.89. The topological polar surface area (TPSA) is 63.1 Å². The van der Waals surface area contributed by atoms with Gasteiger partial charge in [0.15, 0.2) is 0 Å². The van der Waals surface area contributed by atoms with Crippen LogP contribution in [-0.2, 0) is 0 Å². The molecular weight excluding hydrogens is 266 g/mol. The minimum Gasteiger partial charge on any atom is -0.324 e. The van der Waals surface area contributed by atoms with E-state index in [-0.39, 0.29) is 6.03 Å². The number of nitrogens with zero attached hydrogens (tertiary/aromatic N) is 4. The smallest absolute Gasteiger partial charge is 0.321 e. The largest absolute Gasteiger partial charge is 0.324 e. The van der Waals surface area contributed by atoms with E-state index in [1.807, 2.05) is 34.8 Å². The van der Waals surface area contributed by atoms with Crippen LogP contribution in [0.1, 0.15) is 24.4 Å². The highest BCUT2D eigenvalue weighted by Crippen LogP contribution is 2.22. The fourth-order valence-corrected chi connectivity index (χ4v) is 2.61. The summed E-state index contributed by atoms with van der Waals surface area (Å²) in [6.07, 6.45) is 9.14. The minimum atomic E-state index is -0.0573. The molecule has 6 nitrogen and oxygen atoms in total. The quantitative estimate of drug-likeness (QED) is 0.922. The fraction of sp³-hybridized carbons (Fsp3) is 0.400. The fourth-order valence-electron chi connectivity index (χ4n) is 2.61. The number of rotatable bonds is 2. The van der Waals surface area contributed by atoms with Crippen LogP contribution in [0.25, 0.3) is 0 Å². The van der Waals surface area contributed by atoms with Crippen LogP contribution >= 0.6 is 0 Å². The number of piperidine rings is 1. The first-order valence-electron chi connectivity index (χ1n) is 7.19. The van der Waals surface area contributed by atoms with E-state index in [9.17, 15) is 4.79 Å². The Morgan fingerprint density at radius 3 is 2.76 bits per heavy atom. The van der Waals surface area contributed by atoms with Gasteiger partial charge < -0.3 is 10.2 Å². The summed E-state index contributed by atoms with van der Waals surface area (Å²) in [6.45, 7) is 3.53. The third-order valence-electron chi connectivity index (χ3n) is 3.77. The van der Waals surface area contributed by atoms with Crippen LogP contribution in [-0.4, -0.2) is 38.8 Å². The van der Waals surface area contributed by atoms with Crippen molar-refractivity contribution in [1.82, 2.24) is 19.7 Å². The van der Waals surface area contributed by atoms with E-state index < -0.39 is 0 Å². The number of carbonyl (C=O) groups is 1. The highest BCUT2D eigenvalue weighted by Gasteiger charge is 2.24. The zero-order valence-corrected chi connectivity index (χ0v) is 12.1. The molecule has 1 N–H and O–H groups in total. The lowest BCUT2D eigenvalue weighted by atomic mass is 10.1. The summed E-state index contributed by atoms with van der Waals surface area (Å²) in [5, 5.41) is 7.24. The first-order chi connectivity index (χ1) is 10.2. The van der Waals surface area contributed by atoms with Crippen LogP contribution < -0.4 is 5.32 Å². The van der Waals surface area contributed by atoms with Crippen molar-refractivity contribution >= 4 is 11.7 Å². The van der Waals surface area contributed by atoms with E-state index in [0.717, 1.165) is 31.6 Å². The molecule has 1 fully saturated rings. The predicted molar refractivity (Wildman–Crippen MR) is 80.1 cm³/mol. The molecule has 3 rings (SSSR count). The Hall–Kier alpha value is -2.37. The van der Waals surface area contributed by atoms with Crippen LogP contribution in [0.5, 0.6) is 0 Å². The van der Waals surface area contributed by atoms with E-state index in [1.54, 1.807) is 12.4 Å². The molecule has 0 spiro atoms. The van der Waals surface area contributed by atoms with Crippen LogP contribution in [0.4, 0.5) is 10.5 Å². The summed E-state index contributed by atoms with van der Waals surface area (Å²) >= 11 is 0. The Bertz CT molecular complexity index is 602. The normalized spacial score (nSPS) is 16.0. The van der Waals surface area contributed by atoms with Crippen molar-refractivity contribution in [3.8, 4) is 0 Å². The number of aryl methyl sites for hydroxylation is 1. The number of aromatic nitrogens is 3. The molecule has 0 aliphatic carbocycles. The number of nitrogens with one attached hydrogen (secondary N) is 1. The lowest BCUT2D eigenvalue weighted by Gasteiger charge is -2.32. The number of pyridine rings is 1. The summed E-state index contributed by atoms with van der Waals surface area (Å²) in [7, 11) is 0. The van der Waals surface area contributed by atoms with Crippen molar-refractivity contribution in [3.05, 3.63) is 42.5 Å². The number of anilines is 1. The Morgan fingerprint density at radius 2 is 2.14 bits per heavy atom. The molecule has 3 heterocycles. The number of urea groups is 1. The standard InChI is InChI=1S/C15H19N5O/c1-12-9-17-20(11-12)14-4-7-19(8-5-14)15(21)18-13-3-2-6-16-10-13/h2-3,6,9-11,14H,4-5,7-8H2,1H3,(H,18,21). The molecule has 0 atom stereocenters. The second-order valence-electron chi connectivity index (χ2n) is 5.39. The maximum Gasteiger partial charge on any atom is 0.321 e. The van der Waals surface area contributed by atoms with Gasteiger partial charge in [0.1, 0.15) is 0 Å². The van der Waals surface area contributed by atoms with Gasteiger partial charge in [0.25, 0.3) is 0 Å². The molecule has 1 aliphatic heterocycles. The van der Waals surface area contributed by atoms with Gasteiger partial charge in [-0.2, -0.15) is 5.10 Å². The second-order valence-corrected chi connectivity index (χ2v) is 5.39. The van der Waals surface area contributed by atoms with E-state index in [0.29, 0.717) is 6.04 Å². The summed E-state index contributed by atoms with van der Waals surface area (Å²) in [5.74, 6) is 0. The van der Waals surface area contributed by atoms with E-state index in [2.05, 4.69) is 21.6 Å². The van der Waals surface area contributed by atoms with Crippen LogP contribution in [0, 0.1) is 6.92 Å². The van der Waals surface area contributed by atoms with E-state index in [1.165, 1.54) is 5.56 Å². The molecule has 2 aromatic rings. The van der Waals surface area contributed by atoms with Gasteiger partial charge in [-0.25, -0.2) is 4.79 Å². The first-order valence-corrected chi connectivity index (χ1v) is 7.19. The number of likely N-dealkylation sites (tertiary alicyclic amines) is 1. The molecule has 0 radical (unpaired) electrons. The lowest BCUT2D eigenvalue weighted by molar-refractivity contribution is 0.180. The third-order valence-corrected chi connectivity index (χ3v) is 3.77. The van der Waals surface area contributed by atoms with Gasteiger partial charge in [0.2, 0.25) is 0 Å². The van der Waals surface area contributed by atoms with Gasteiger partial charge in [-0.15, -0.1) is 0 Å². The molecule has 1 saturated heterocycles. The summed E-state index contributed by atoms with van der Waals surface area (Å²) in [6, 6.07) is 3.98. The maximum atomic E-state index is 12.2. The van der Waals surface area contributed by atoms with Crippen LogP contribution in [0.3, 0.4) is 0 Å². The molecular formula is C15H19N5O. The van der Waals surface area contributed by atoms with Crippen molar-refractivity contribution in [2.75, 3.05) is 18.4 Å². The molecule has 0 saturated carbocycles. The molecule has 110 valence electrons. The Morgan fingerprint density at radius 1 is 1.33 bits per heavy atom. The van der Waals surface area contributed by atoms with Gasteiger partial charge in [-0.05, 0) is 37.5 Å². The monoisotopic (exact) mass is 285 g/mol. The SMILES string of the molecule is Cc1cnn(C2CCN(C(=O)Nc3cccnc3)CC2)c1. The molecule has 0 bridgehead atoms. The second kappa shape index (κ2) is 5.95. The van der Waals surface area contributed by atoms with Crippen LogP contribution in [0.15, 0.2) is 36.9 Å². The summed E-state index contributed by atoms with van der Waals surface area (Å²) in [4.78, 5) is 18.0. The average molecular weight is 285 g/mol. The lowest BCUT2D eigenvalue weighted by Crippen LogP contribution is -2.41. The van der Waals surface area contributed by atoms with E-state index >= 15 is 0 Å². The van der Waals surface area contributed by atoms with E-state index in [4.69, 9.17) is 0 Å². The molecule has 6 heteroatoms. The third kappa shape index (κ3) is 3.21. The minimum absolute atomic E-state index is 0.0573. The van der Waals surface area contributed by atoms with Crippen molar-refractivity contribution < 1.29 is 4.79 Å². The molecule has 0 unspecified atom stereocenters. The molecule has 2 amide bonds. The van der Waals surface area contributed by atoms with Crippen molar-refractivity contribution in [2.45, 2.75) is 25.8 Å². The average Bonchev–Trinajstić information content (AvgIpc) is 2.95. The van der Waals surface area contributed by atoms with Crippen molar-refractivity contribution in [3.63, 3.8) is 0 Å².